The zero-order valence-corrected chi connectivity index (χ0v) is 32.0. The number of alkyl carbamates (subject to hydrolysis) is 3. The maximum atomic E-state index is 14.1. The van der Waals surface area contributed by atoms with Gasteiger partial charge in [-0.05, 0) is 63.1 Å². The number of amides is 5. The molecule has 0 aliphatic carbocycles. The standard InChI is InChI=1S/C41H55N5O9/c1-41(2,3)55-39(50)44-35(29-32-17-7-4-8-18-32)36(47)45(27-15-23-42-37(48)53-30-33-19-9-5-10-20-33)25-13-14-26-46(40(51)52)28-16-24-43-38(49)54-31-34-21-11-6-12-22-34/h4-12,17-22,35H,13-16,23-31H2,1-3H3,(H,42,48)(H,43,49)(H,44,50)(H,51,52). The summed E-state index contributed by atoms with van der Waals surface area (Å²) >= 11 is 0. The fourth-order valence-electron chi connectivity index (χ4n) is 5.43. The number of hydrogen-bond donors (Lipinski definition) is 4. The van der Waals surface area contributed by atoms with Crippen LogP contribution in [0.25, 0.3) is 0 Å². The molecule has 0 saturated carbocycles. The normalized spacial score (nSPS) is 11.4. The van der Waals surface area contributed by atoms with Crippen molar-refractivity contribution in [3.63, 3.8) is 0 Å². The van der Waals surface area contributed by atoms with Crippen LogP contribution < -0.4 is 16.0 Å². The molecule has 298 valence electrons. The molecule has 0 aliphatic rings. The minimum Gasteiger partial charge on any atom is -0.465 e. The molecule has 0 heterocycles. The predicted molar refractivity (Wildman–Crippen MR) is 207 cm³/mol. The van der Waals surface area contributed by atoms with Crippen LogP contribution in [0.3, 0.4) is 0 Å². The third-order valence-electron chi connectivity index (χ3n) is 8.13. The SMILES string of the molecule is CC(C)(C)OC(=O)NC(Cc1ccccc1)C(=O)N(CCCCN(CCCNC(=O)OCc1ccccc1)C(=O)O)CCCNC(=O)OCc1ccccc1. The Kier molecular flexibility index (Phi) is 18.9. The van der Waals surface area contributed by atoms with Gasteiger partial charge in [0, 0.05) is 45.7 Å². The number of benzene rings is 3. The number of hydrogen-bond acceptors (Lipinski definition) is 8. The van der Waals surface area contributed by atoms with E-state index in [2.05, 4.69) is 16.0 Å². The third kappa shape index (κ3) is 18.7. The molecule has 0 fully saturated rings. The Bertz CT molecular complexity index is 1600. The lowest BCUT2D eigenvalue weighted by Gasteiger charge is -2.29. The fourth-order valence-corrected chi connectivity index (χ4v) is 5.43. The molecule has 1 unspecified atom stereocenters. The zero-order chi connectivity index (χ0) is 39.9. The number of ether oxygens (including phenoxy) is 3. The van der Waals surface area contributed by atoms with Gasteiger partial charge in [-0.2, -0.15) is 0 Å². The Morgan fingerprint density at radius 2 is 1.02 bits per heavy atom. The highest BCUT2D eigenvalue weighted by Gasteiger charge is 2.28. The molecule has 3 rings (SSSR count). The van der Waals surface area contributed by atoms with E-state index < -0.39 is 36.0 Å². The molecule has 3 aromatic carbocycles. The molecule has 14 heteroatoms. The van der Waals surface area contributed by atoms with Crippen LogP contribution >= 0.6 is 0 Å². The Balaban J connectivity index is 1.56. The van der Waals surface area contributed by atoms with E-state index in [1.807, 2.05) is 91.0 Å². The number of carbonyl (C=O) groups excluding carboxylic acids is 4. The third-order valence-corrected chi connectivity index (χ3v) is 8.13. The molecule has 3 aromatic rings. The lowest BCUT2D eigenvalue weighted by atomic mass is 10.0. The molecular weight excluding hydrogens is 706 g/mol. The van der Waals surface area contributed by atoms with Crippen LogP contribution in [0, 0.1) is 0 Å². The molecule has 0 aromatic heterocycles. The van der Waals surface area contributed by atoms with Crippen molar-refractivity contribution in [3.05, 3.63) is 108 Å². The van der Waals surface area contributed by atoms with E-state index in [9.17, 15) is 29.1 Å². The largest absolute Gasteiger partial charge is 0.465 e. The van der Waals surface area contributed by atoms with Crippen LogP contribution in [-0.4, -0.2) is 96.1 Å². The first kappa shape index (κ1) is 43.6. The molecule has 0 aliphatic heterocycles. The van der Waals surface area contributed by atoms with Crippen molar-refractivity contribution in [1.29, 1.82) is 0 Å². The predicted octanol–water partition coefficient (Wildman–Crippen LogP) is 6.34. The van der Waals surface area contributed by atoms with E-state index in [1.54, 1.807) is 25.7 Å². The van der Waals surface area contributed by atoms with Crippen molar-refractivity contribution in [1.82, 2.24) is 25.8 Å². The molecule has 14 nitrogen and oxygen atoms in total. The van der Waals surface area contributed by atoms with Gasteiger partial charge < -0.3 is 45.1 Å². The van der Waals surface area contributed by atoms with Gasteiger partial charge in [-0.25, -0.2) is 19.2 Å². The van der Waals surface area contributed by atoms with Crippen molar-refractivity contribution < 1.29 is 43.3 Å². The van der Waals surface area contributed by atoms with Gasteiger partial charge in [0.15, 0.2) is 0 Å². The second-order valence-electron chi connectivity index (χ2n) is 13.9. The highest BCUT2D eigenvalue weighted by atomic mass is 16.6. The van der Waals surface area contributed by atoms with Crippen molar-refractivity contribution >= 4 is 30.3 Å². The molecule has 1 atom stereocenters. The highest BCUT2D eigenvalue weighted by molar-refractivity contribution is 5.86. The Morgan fingerprint density at radius 1 is 0.600 bits per heavy atom. The number of rotatable bonds is 21. The lowest BCUT2D eigenvalue weighted by Crippen LogP contribution is -2.51. The van der Waals surface area contributed by atoms with E-state index in [0.717, 1.165) is 16.7 Å². The molecule has 0 saturated heterocycles. The Hall–Kier alpha value is -5.79. The van der Waals surface area contributed by atoms with Gasteiger partial charge in [0.25, 0.3) is 0 Å². The Labute approximate surface area is 323 Å². The van der Waals surface area contributed by atoms with Gasteiger partial charge in [0.2, 0.25) is 5.91 Å². The molecule has 5 amide bonds. The van der Waals surface area contributed by atoms with E-state index in [-0.39, 0.29) is 64.8 Å². The van der Waals surface area contributed by atoms with Crippen LogP contribution in [-0.2, 0) is 38.6 Å². The van der Waals surface area contributed by atoms with E-state index in [1.165, 1.54) is 4.90 Å². The van der Waals surface area contributed by atoms with Crippen LogP contribution in [0.5, 0.6) is 0 Å². The van der Waals surface area contributed by atoms with Gasteiger partial charge in [0.05, 0.1) is 0 Å². The topological polar surface area (TPSA) is 176 Å². The summed E-state index contributed by atoms with van der Waals surface area (Å²) in [7, 11) is 0. The number of nitrogens with one attached hydrogen (secondary N) is 3. The average Bonchev–Trinajstić information content (AvgIpc) is 3.16. The van der Waals surface area contributed by atoms with Crippen LogP contribution in [0.1, 0.15) is 63.1 Å². The summed E-state index contributed by atoms with van der Waals surface area (Å²) in [6.07, 6.45) is -1.04. The van der Waals surface area contributed by atoms with Crippen molar-refractivity contribution in [2.24, 2.45) is 0 Å². The molecule has 55 heavy (non-hydrogen) atoms. The summed E-state index contributed by atoms with van der Waals surface area (Å²) in [6.45, 7) is 6.90. The van der Waals surface area contributed by atoms with E-state index >= 15 is 0 Å². The highest BCUT2D eigenvalue weighted by Crippen LogP contribution is 2.12. The number of unbranched alkanes of at least 4 members (excludes halogenated alkanes) is 1. The van der Waals surface area contributed by atoms with Gasteiger partial charge >= 0.3 is 24.4 Å². The Morgan fingerprint density at radius 3 is 1.47 bits per heavy atom. The first-order chi connectivity index (χ1) is 26.4. The molecule has 4 N–H and O–H groups in total. The van der Waals surface area contributed by atoms with Gasteiger partial charge in [0.1, 0.15) is 24.9 Å². The first-order valence-corrected chi connectivity index (χ1v) is 18.6. The number of carbonyl (C=O) groups is 5. The fraction of sp³-hybridized carbons (Fsp3) is 0.439. The van der Waals surface area contributed by atoms with Crippen molar-refractivity contribution in [2.45, 2.75) is 77.7 Å². The smallest absolute Gasteiger partial charge is 0.408 e. The van der Waals surface area contributed by atoms with Crippen molar-refractivity contribution in [2.75, 3.05) is 39.3 Å². The van der Waals surface area contributed by atoms with E-state index in [4.69, 9.17) is 14.2 Å². The van der Waals surface area contributed by atoms with E-state index in [0.29, 0.717) is 25.7 Å². The molecule has 0 radical (unpaired) electrons. The summed E-state index contributed by atoms with van der Waals surface area (Å²) in [4.78, 5) is 66.3. The van der Waals surface area contributed by atoms with Crippen LogP contribution in [0.15, 0.2) is 91.0 Å². The molecule has 0 bridgehead atoms. The summed E-state index contributed by atoms with van der Waals surface area (Å²) in [6, 6.07) is 27.0. The summed E-state index contributed by atoms with van der Waals surface area (Å²) in [5, 5.41) is 17.9. The second-order valence-corrected chi connectivity index (χ2v) is 13.9. The number of carboxylic acid groups (broad SMARTS) is 1. The quantitative estimate of drug-likeness (QED) is 0.0713. The summed E-state index contributed by atoms with van der Waals surface area (Å²) in [5.74, 6) is -0.332. The monoisotopic (exact) mass is 761 g/mol. The lowest BCUT2D eigenvalue weighted by molar-refractivity contribution is -0.133. The van der Waals surface area contributed by atoms with Gasteiger partial charge in [-0.15, -0.1) is 0 Å². The van der Waals surface area contributed by atoms with Crippen LogP contribution in [0.4, 0.5) is 19.2 Å². The van der Waals surface area contributed by atoms with Gasteiger partial charge in [-0.3, -0.25) is 4.79 Å². The second kappa shape index (κ2) is 23.8. The maximum absolute atomic E-state index is 14.1. The zero-order valence-electron chi connectivity index (χ0n) is 32.0. The van der Waals surface area contributed by atoms with Gasteiger partial charge in [-0.1, -0.05) is 91.0 Å². The minimum atomic E-state index is -1.09. The average molecular weight is 762 g/mol. The van der Waals surface area contributed by atoms with Crippen molar-refractivity contribution in [3.8, 4) is 0 Å². The maximum Gasteiger partial charge on any atom is 0.408 e. The first-order valence-electron chi connectivity index (χ1n) is 18.6. The summed E-state index contributed by atoms with van der Waals surface area (Å²) < 4.78 is 16.0. The molecular formula is C41H55N5O9. The summed E-state index contributed by atoms with van der Waals surface area (Å²) in [5.41, 5.74) is 1.78. The molecule has 0 spiro atoms. The minimum absolute atomic E-state index is 0.125. The number of nitrogens with zero attached hydrogens (tertiary/aromatic N) is 2. The van der Waals surface area contributed by atoms with Crippen LogP contribution in [0.2, 0.25) is 0 Å².